The average molecular weight is 592 g/mol. The Kier molecular flexibility index (Phi) is 9.82. The van der Waals surface area contributed by atoms with E-state index in [1.54, 1.807) is 6.92 Å². The monoisotopic (exact) mass is 591 g/mol. The molecule has 0 aliphatic heterocycles. The second kappa shape index (κ2) is 12.7. The van der Waals surface area contributed by atoms with E-state index in [1.165, 1.54) is 6.20 Å². The van der Waals surface area contributed by atoms with Crippen LogP contribution in [0.1, 0.15) is 50.1 Å². The number of halogens is 5. The van der Waals surface area contributed by atoms with Crippen molar-refractivity contribution in [3.8, 4) is 5.88 Å². The van der Waals surface area contributed by atoms with Gasteiger partial charge in [0.25, 0.3) is 11.8 Å². The molecule has 0 spiro atoms. The van der Waals surface area contributed by atoms with Gasteiger partial charge in [0.15, 0.2) is 5.69 Å². The van der Waals surface area contributed by atoms with E-state index in [2.05, 4.69) is 30.6 Å². The number of nitrogens with one attached hydrogen (secondary N) is 2. The van der Waals surface area contributed by atoms with Gasteiger partial charge in [0.1, 0.15) is 27.1 Å². The third kappa shape index (κ3) is 7.72. The molecule has 2 amide bonds. The normalized spacial score (nSPS) is 12.3. The molecule has 0 saturated heterocycles. The molecule has 1 atom stereocenters. The summed E-state index contributed by atoms with van der Waals surface area (Å²) in [6.45, 7) is 2.77. The number of amides is 2. The molecule has 2 N–H and O–H groups in total. The number of hydrogen-bond acceptors (Lipinski definition) is 9. The number of nitrogens with zero attached hydrogens (tertiary/aromatic N) is 5. The Morgan fingerprint density at radius 1 is 1.13 bits per heavy atom. The van der Waals surface area contributed by atoms with Gasteiger partial charge in [-0.15, -0.1) is 11.3 Å². The van der Waals surface area contributed by atoms with Gasteiger partial charge in [-0.25, -0.2) is 19.9 Å². The van der Waals surface area contributed by atoms with Crippen LogP contribution in [0, 0.1) is 0 Å². The first-order valence-corrected chi connectivity index (χ1v) is 12.5. The van der Waals surface area contributed by atoms with Crippen molar-refractivity contribution in [2.75, 3.05) is 32.6 Å². The largest absolute Gasteiger partial charge is 0.476 e. The van der Waals surface area contributed by atoms with Crippen molar-refractivity contribution in [2.45, 2.75) is 25.6 Å². The van der Waals surface area contributed by atoms with E-state index in [9.17, 15) is 22.8 Å². The minimum absolute atomic E-state index is 0.0463. The number of pyridine rings is 1. The Morgan fingerprint density at radius 2 is 1.87 bits per heavy atom. The molecule has 0 bridgehead atoms. The lowest BCUT2D eigenvalue weighted by Crippen LogP contribution is -2.28. The predicted molar refractivity (Wildman–Crippen MR) is 136 cm³/mol. The molecule has 0 fully saturated rings. The molecule has 38 heavy (non-hydrogen) atoms. The first-order chi connectivity index (χ1) is 17.9. The second-order valence-electron chi connectivity index (χ2n) is 8.11. The van der Waals surface area contributed by atoms with Gasteiger partial charge in [0, 0.05) is 12.7 Å². The van der Waals surface area contributed by atoms with Gasteiger partial charge in [-0.05, 0) is 33.5 Å². The third-order valence-electron chi connectivity index (χ3n) is 4.83. The van der Waals surface area contributed by atoms with Gasteiger partial charge in [0.05, 0.1) is 29.4 Å². The zero-order valence-electron chi connectivity index (χ0n) is 20.3. The van der Waals surface area contributed by atoms with Crippen LogP contribution in [0.15, 0.2) is 24.8 Å². The van der Waals surface area contributed by atoms with Crippen LogP contribution < -0.4 is 15.4 Å². The number of anilines is 1. The van der Waals surface area contributed by atoms with Crippen molar-refractivity contribution in [3.05, 3.63) is 56.0 Å². The van der Waals surface area contributed by atoms with E-state index in [1.807, 2.05) is 19.0 Å². The minimum Gasteiger partial charge on any atom is -0.476 e. The lowest BCUT2D eigenvalue weighted by atomic mass is 10.2. The number of carbonyl (C=O) groups excluding carboxylic acids is 2. The van der Waals surface area contributed by atoms with Crippen molar-refractivity contribution in [3.63, 3.8) is 0 Å². The highest BCUT2D eigenvalue weighted by Crippen LogP contribution is 2.35. The van der Waals surface area contributed by atoms with Crippen LogP contribution in [-0.2, 0) is 6.18 Å². The summed E-state index contributed by atoms with van der Waals surface area (Å²) >= 11 is 12.8. The number of rotatable bonds is 10. The van der Waals surface area contributed by atoms with Crippen molar-refractivity contribution >= 4 is 52.2 Å². The average Bonchev–Trinajstić information content (AvgIpc) is 3.34. The third-order valence-corrected chi connectivity index (χ3v) is 6.65. The Hall–Kier alpha value is -3.07. The summed E-state index contributed by atoms with van der Waals surface area (Å²) in [4.78, 5) is 43.1. The lowest BCUT2D eigenvalue weighted by Gasteiger charge is -2.13. The fraction of sp³-hybridized carbons (Fsp3) is 0.364. The number of ether oxygens (including phenoxy) is 1. The van der Waals surface area contributed by atoms with E-state index < -0.39 is 34.6 Å². The van der Waals surface area contributed by atoms with Gasteiger partial charge >= 0.3 is 6.18 Å². The first kappa shape index (κ1) is 29.5. The van der Waals surface area contributed by atoms with Crippen LogP contribution in [0.4, 0.5) is 19.0 Å². The van der Waals surface area contributed by atoms with Crippen LogP contribution in [0.5, 0.6) is 5.88 Å². The lowest BCUT2D eigenvalue weighted by molar-refractivity contribution is -0.137. The SMILES string of the molecule is CC(NC(=O)c1ncnc(OCCCN(C)C)c1Cl)c1ncc(C(=O)Nc2cc(C(F)(F)F)c(Cl)cn2)s1. The molecule has 3 aromatic rings. The number of alkyl halides is 3. The molecule has 1 unspecified atom stereocenters. The Morgan fingerprint density at radius 3 is 2.55 bits per heavy atom. The van der Waals surface area contributed by atoms with Gasteiger partial charge in [-0.3, -0.25) is 9.59 Å². The number of hydrogen-bond donors (Lipinski definition) is 2. The summed E-state index contributed by atoms with van der Waals surface area (Å²) in [7, 11) is 3.87. The van der Waals surface area contributed by atoms with Crippen LogP contribution in [0.3, 0.4) is 0 Å². The van der Waals surface area contributed by atoms with E-state index in [4.69, 9.17) is 27.9 Å². The Balaban J connectivity index is 1.64. The molecule has 0 radical (unpaired) electrons. The van der Waals surface area contributed by atoms with E-state index >= 15 is 0 Å². The molecule has 3 heterocycles. The highest BCUT2D eigenvalue weighted by atomic mass is 35.5. The molecule has 3 aromatic heterocycles. The first-order valence-electron chi connectivity index (χ1n) is 11.0. The minimum atomic E-state index is -4.71. The Bertz CT molecular complexity index is 1310. The van der Waals surface area contributed by atoms with Crippen LogP contribution in [0.25, 0.3) is 0 Å². The fourth-order valence-electron chi connectivity index (χ4n) is 2.98. The van der Waals surface area contributed by atoms with E-state index in [0.29, 0.717) is 17.7 Å². The Labute approximate surface area is 229 Å². The highest BCUT2D eigenvalue weighted by molar-refractivity contribution is 7.13. The molecular formula is C22H22Cl2F3N7O3S. The van der Waals surface area contributed by atoms with Gasteiger partial charge in [-0.1, -0.05) is 23.2 Å². The summed E-state index contributed by atoms with van der Waals surface area (Å²) in [6.07, 6.45) is -0.794. The fourth-order valence-corrected chi connectivity index (χ4v) is 4.25. The molecule has 0 saturated carbocycles. The van der Waals surface area contributed by atoms with Crippen molar-refractivity contribution in [1.29, 1.82) is 0 Å². The number of aromatic nitrogens is 4. The summed E-state index contributed by atoms with van der Waals surface area (Å²) in [5.41, 5.74) is -1.23. The van der Waals surface area contributed by atoms with Crippen LogP contribution >= 0.6 is 34.5 Å². The topological polar surface area (TPSA) is 122 Å². The van der Waals surface area contributed by atoms with Gasteiger partial charge < -0.3 is 20.3 Å². The summed E-state index contributed by atoms with van der Waals surface area (Å²) in [5.74, 6) is -1.60. The number of carbonyl (C=O) groups is 2. The molecule has 0 aliphatic rings. The predicted octanol–water partition coefficient (Wildman–Crippen LogP) is 4.73. The smallest absolute Gasteiger partial charge is 0.418 e. The molecule has 16 heteroatoms. The molecule has 3 rings (SSSR count). The maximum atomic E-state index is 13.1. The van der Waals surface area contributed by atoms with Crippen molar-refractivity contribution in [2.24, 2.45) is 0 Å². The van der Waals surface area contributed by atoms with E-state index in [0.717, 1.165) is 36.8 Å². The summed E-state index contributed by atoms with van der Waals surface area (Å²) in [6, 6.07) is -0.0218. The van der Waals surface area contributed by atoms with Crippen LogP contribution in [0.2, 0.25) is 10.0 Å². The molecule has 0 aliphatic carbocycles. The maximum Gasteiger partial charge on any atom is 0.418 e. The second-order valence-corrected chi connectivity index (χ2v) is 9.95. The van der Waals surface area contributed by atoms with Gasteiger partial charge in [-0.2, -0.15) is 13.2 Å². The number of thiazole rings is 1. The molecular weight excluding hydrogens is 570 g/mol. The summed E-state index contributed by atoms with van der Waals surface area (Å²) < 4.78 is 44.7. The quantitative estimate of drug-likeness (QED) is 0.324. The highest BCUT2D eigenvalue weighted by Gasteiger charge is 2.34. The summed E-state index contributed by atoms with van der Waals surface area (Å²) in [5, 5.41) is 4.68. The van der Waals surface area contributed by atoms with Crippen molar-refractivity contribution in [1.82, 2.24) is 30.2 Å². The van der Waals surface area contributed by atoms with E-state index in [-0.39, 0.29) is 27.3 Å². The molecule has 10 nitrogen and oxygen atoms in total. The molecule has 204 valence electrons. The molecule has 0 aromatic carbocycles. The zero-order valence-corrected chi connectivity index (χ0v) is 22.6. The van der Waals surface area contributed by atoms with Gasteiger partial charge in [0.2, 0.25) is 5.88 Å². The van der Waals surface area contributed by atoms with Crippen LogP contribution in [-0.4, -0.2) is 63.9 Å². The zero-order chi connectivity index (χ0) is 28.0. The van der Waals surface area contributed by atoms with Crippen molar-refractivity contribution < 1.29 is 27.5 Å². The standard InChI is InChI=1S/C22H22Cl2F3N7O3S/c1-11(32-19(36)17-16(24)20(31-10-30-17)37-6-4-5-34(2)3)21-29-9-14(38-21)18(35)33-15-7-12(22(25,26)27)13(23)8-28-15/h7-11H,4-6H2,1-3H3,(H,32,36)(H,28,33,35). The maximum absolute atomic E-state index is 13.1.